The molecule has 0 bridgehead atoms. The van der Waals surface area contributed by atoms with Gasteiger partial charge < -0.3 is 9.72 Å². The minimum absolute atomic E-state index is 0.337. The molecule has 1 N–H and O–H groups in total. The summed E-state index contributed by atoms with van der Waals surface area (Å²) < 4.78 is 6.06. The Hall–Kier alpha value is -1.35. The molecule has 0 saturated carbocycles. The van der Waals surface area contributed by atoms with Crippen LogP contribution in [0.1, 0.15) is 6.92 Å². The van der Waals surface area contributed by atoms with Crippen LogP contribution < -0.4 is 4.74 Å². The van der Waals surface area contributed by atoms with Gasteiger partial charge in [-0.05, 0) is 34.9 Å². The molecule has 2 aromatic heterocycles. The summed E-state index contributed by atoms with van der Waals surface area (Å²) in [6.07, 6.45) is 3.73. The van der Waals surface area contributed by atoms with E-state index >= 15 is 0 Å². The topological polar surface area (TPSA) is 67.9 Å². The van der Waals surface area contributed by atoms with Crippen LogP contribution in [0.4, 0.5) is 0 Å². The Balaban J connectivity index is 2.33. The standard InChI is InChI=1S/C13H10IN3O2S/c1-6(18)19-11-8-4-3-7-5-15-13(20-2)17-9(7)10(8)16-12(11)14/h3-5,16H,1-2H3. The van der Waals surface area contributed by atoms with Gasteiger partial charge in [0.1, 0.15) is 3.70 Å². The number of aromatic amines is 1. The molecule has 0 aliphatic carbocycles. The van der Waals surface area contributed by atoms with Crippen LogP contribution in [0.25, 0.3) is 21.8 Å². The number of hydrogen-bond donors (Lipinski definition) is 1. The molecule has 0 spiro atoms. The van der Waals surface area contributed by atoms with Gasteiger partial charge in [-0.3, -0.25) is 4.79 Å². The van der Waals surface area contributed by atoms with Crippen LogP contribution in [0, 0.1) is 3.70 Å². The van der Waals surface area contributed by atoms with E-state index in [0.717, 1.165) is 25.5 Å². The van der Waals surface area contributed by atoms with Crippen molar-refractivity contribution in [1.29, 1.82) is 0 Å². The predicted molar refractivity (Wildman–Crippen MR) is 87.2 cm³/mol. The Kier molecular flexibility index (Phi) is 3.55. The van der Waals surface area contributed by atoms with Gasteiger partial charge in [-0.25, -0.2) is 9.97 Å². The summed E-state index contributed by atoms with van der Waals surface area (Å²) in [6.45, 7) is 1.39. The van der Waals surface area contributed by atoms with E-state index in [2.05, 4.69) is 37.5 Å². The van der Waals surface area contributed by atoms with Gasteiger partial charge in [0.2, 0.25) is 0 Å². The summed E-state index contributed by atoms with van der Waals surface area (Å²) in [7, 11) is 0. The van der Waals surface area contributed by atoms with Crippen LogP contribution >= 0.6 is 34.4 Å². The summed E-state index contributed by atoms with van der Waals surface area (Å²) >= 11 is 3.61. The Morgan fingerprint density at radius 3 is 2.95 bits per heavy atom. The normalized spacial score (nSPS) is 11.2. The molecule has 0 aliphatic heterocycles. The third kappa shape index (κ3) is 2.24. The van der Waals surface area contributed by atoms with Gasteiger partial charge in [-0.15, -0.1) is 0 Å². The zero-order chi connectivity index (χ0) is 14.3. The van der Waals surface area contributed by atoms with Crippen molar-refractivity contribution in [1.82, 2.24) is 15.0 Å². The molecule has 0 saturated heterocycles. The predicted octanol–water partition coefficient (Wildman–Crippen LogP) is 3.36. The highest BCUT2D eigenvalue weighted by molar-refractivity contribution is 14.1. The molecule has 0 aliphatic rings. The molecule has 0 unspecified atom stereocenters. The molecular weight excluding hydrogens is 389 g/mol. The number of aromatic nitrogens is 3. The first kappa shape index (κ1) is 13.6. The number of ether oxygens (including phenoxy) is 1. The maximum atomic E-state index is 11.2. The molecule has 20 heavy (non-hydrogen) atoms. The van der Waals surface area contributed by atoms with Gasteiger partial charge in [0.25, 0.3) is 0 Å². The molecule has 2 heterocycles. The van der Waals surface area contributed by atoms with Crippen molar-refractivity contribution < 1.29 is 9.53 Å². The third-order valence-corrected chi connectivity index (χ3v) is 4.16. The lowest BCUT2D eigenvalue weighted by Crippen LogP contribution is -2.01. The van der Waals surface area contributed by atoms with Crippen molar-refractivity contribution in [2.45, 2.75) is 12.1 Å². The lowest BCUT2D eigenvalue weighted by Gasteiger charge is -2.02. The maximum absolute atomic E-state index is 11.2. The fourth-order valence-electron chi connectivity index (χ4n) is 2.02. The zero-order valence-electron chi connectivity index (χ0n) is 10.7. The highest BCUT2D eigenvalue weighted by Gasteiger charge is 2.16. The van der Waals surface area contributed by atoms with Crippen LogP contribution in [0.2, 0.25) is 0 Å². The van der Waals surface area contributed by atoms with Gasteiger partial charge >= 0.3 is 5.97 Å². The summed E-state index contributed by atoms with van der Waals surface area (Å²) in [5.41, 5.74) is 1.69. The second kappa shape index (κ2) is 5.21. The molecule has 0 atom stereocenters. The number of carbonyl (C=O) groups is 1. The van der Waals surface area contributed by atoms with Crippen LogP contribution in [0.15, 0.2) is 23.5 Å². The van der Waals surface area contributed by atoms with E-state index in [1.54, 1.807) is 6.20 Å². The van der Waals surface area contributed by atoms with E-state index in [1.165, 1.54) is 18.7 Å². The number of hydrogen-bond acceptors (Lipinski definition) is 5. The van der Waals surface area contributed by atoms with Gasteiger partial charge in [0, 0.05) is 23.9 Å². The van der Waals surface area contributed by atoms with Crippen molar-refractivity contribution in [2.24, 2.45) is 0 Å². The van der Waals surface area contributed by atoms with Gasteiger partial charge in [-0.2, -0.15) is 0 Å². The quantitative estimate of drug-likeness (QED) is 0.310. The fraction of sp³-hybridized carbons (Fsp3) is 0.154. The number of esters is 1. The van der Waals surface area contributed by atoms with Crippen LogP contribution in [0.5, 0.6) is 5.75 Å². The van der Waals surface area contributed by atoms with Gasteiger partial charge in [0.05, 0.1) is 11.0 Å². The first-order chi connectivity index (χ1) is 9.60. The van der Waals surface area contributed by atoms with E-state index < -0.39 is 0 Å². The molecule has 3 rings (SSSR count). The van der Waals surface area contributed by atoms with E-state index in [4.69, 9.17) is 4.74 Å². The maximum Gasteiger partial charge on any atom is 0.308 e. The van der Waals surface area contributed by atoms with E-state index in [-0.39, 0.29) is 5.97 Å². The van der Waals surface area contributed by atoms with Crippen LogP contribution in [-0.2, 0) is 4.79 Å². The van der Waals surface area contributed by atoms with Crippen molar-refractivity contribution >= 4 is 62.1 Å². The fourth-order valence-corrected chi connectivity index (χ4v) is 3.03. The zero-order valence-corrected chi connectivity index (χ0v) is 13.7. The minimum atomic E-state index is -0.337. The average Bonchev–Trinajstić information content (AvgIpc) is 2.74. The van der Waals surface area contributed by atoms with Crippen molar-refractivity contribution in [3.63, 3.8) is 0 Å². The highest BCUT2D eigenvalue weighted by Crippen LogP contribution is 2.35. The van der Waals surface area contributed by atoms with Crippen LogP contribution in [-0.4, -0.2) is 27.2 Å². The van der Waals surface area contributed by atoms with Crippen molar-refractivity contribution in [2.75, 3.05) is 6.26 Å². The molecule has 3 aromatic rings. The molecule has 1 aromatic carbocycles. The molecule has 5 nitrogen and oxygen atoms in total. The Morgan fingerprint density at radius 2 is 2.25 bits per heavy atom. The number of carbonyl (C=O) groups excluding carboxylic acids is 1. The summed E-state index contributed by atoms with van der Waals surface area (Å²) in [5, 5.41) is 2.51. The van der Waals surface area contributed by atoms with Crippen LogP contribution in [0.3, 0.4) is 0 Å². The highest BCUT2D eigenvalue weighted by atomic mass is 127. The molecular formula is C13H10IN3O2S. The molecule has 0 radical (unpaired) electrons. The average molecular weight is 399 g/mol. The Bertz CT molecular complexity index is 831. The Morgan fingerprint density at radius 1 is 1.45 bits per heavy atom. The number of fused-ring (bicyclic) bond motifs is 3. The van der Waals surface area contributed by atoms with Crippen molar-refractivity contribution in [3.05, 3.63) is 22.0 Å². The number of H-pyrrole nitrogens is 1. The molecule has 0 amide bonds. The summed E-state index contributed by atoms with van der Waals surface area (Å²) in [5.74, 6) is 0.218. The monoisotopic (exact) mass is 399 g/mol. The first-order valence-corrected chi connectivity index (χ1v) is 8.10. The number of rotatable bonds is 2. The van der Waals surface area contributed by atoms with E-state index in [1.807, 2.05) is 18.4 Å². The Labute approximate surface area is 132 Å². The smallest absolute Gasteiger partial charge is 0.308 e. The SMILES string of the molecule is CSc1ncc2ccc3c(OC(C)=O)c(I)[nH]c3c2n1. The second-order valence-electron chi connectivity index (χ2n) is 4.14. The van der Waals surface area contributed by atoms with Crippen molar-refractivity contribution in [3.8, 4) is 5.75 Å². The van der Waals surface area contributed by atoms with Gasteiger partial charge in [0.15, 0.2) is 10.9 Å². The summed E-state index contributed by atoms with van der Waals surface area (Å²) in [4.78, 5) is 23.2. The number of benzene rings is 1. The largest absolute Gasteiger partial charge is 0.423 e. The van der Waals surface area contributed by atoms with E-state index in [9.17, 15) is 4.79 Å². The second-order valence-corrected chi connectivity index (χ2v) is 6.00. The first-order valence-electron chi connectivity index (χ1n) is 5.79. The summed E-state index contributed by atoms with van der Waals surface area (Å²) in [6, 6.07) is 3.84. The lowest BCUT2D eigenvalue weighted by atomic mass is 10.2. The van der Waals surface area contributed by atoms with Gasteiger partial charge in [-0.1, -0.05) is 17.8 Å². The molecule has 7 heteroatoms. The lowest BCUT2D eigenvalue weighted by molar-refractivity contribution is -0.131. The minimum Gasteiger partial charge on any atom is -0.423 e. The number of nitrogens with zero attached hydrogens (tertiary/aromatic N) is 2. The number of nitrogens with one attached hydrogen (secondary N) is 1. The van der Waals surface area contributed by atoms with E-state index in [0.29, 0.717) is 10.9 Å². The number of thioether (sulfide) groups is 1. The third-order valence-electron chi connectivity index (χ3n) is 2.84. The number of halogens is 1. The molecule has 0 fully saturated rings. The molecule has 102 valence electrons.